The Morgan fingerprint density at radius 1 is 1.43 bits per heavy atom. The van der Waals surface area contributed by atoms with E-state index in [1.807, 2.05) is 0 Å². The molecule has 0 radical (unpaired) electrons. The SMILES string of the molecule is Nc1nnc(C(F)(F)S(=O)(=O)[O-])s1.[Na+]. The van der Waals surface area contributed by atoms with Crippen molar-refractivity contribution in [2.24, 2.45) is 0 Å². The van der Waals surface area contributed by atoms with E-state index in [1.54, 1.807) is 0 Å². The molecule has 0 aromatic carbocycles. The van der Waals surface area contributed by atoms with Crippen molar-refractivity contribution in [1.29, 1.82) is 0 Å². The van der Waals surface area contributed by atoms with Gasteiger partial charge in [-0.2, -0.15) is 8.78 Å². The van der Waals surface area contributed by atoms with Crippen molar-refractivity contribution in [3.63, 3.8) is 0 Å². The average molecular weight is 253 g/mol. The van der Waals surface area contributed by atoms with E-state index >= 15 is 0 Å². The minimum atomic E-state index is -5.77. The molecule has 2 N–H and O–H groups in total. The maximum Gasteiger partial charge on any atom is 1.00 e. The molecule has 0 spiro atoms. The van der Waals surface area contributed by atoms with Crippen LogP contribution in [0.4, 0.5) is 13.9 Å². The van der Waals surface area contributed by atoms with Crippen LogP contribution in [-0.4, -0.2) is 23.2 Å². The number of hydrogen-bond acceptors (Lipinski definition) is 7. The minimum Gasteiger partial charge on any atom is -0.743 e. The van der Waals surface area contributed by atoms with Crippen molar-refractivity contribution in [1.82, 2.24) is 10.2 Å². The second-order valence-corrected chi connectivity index (χ2v) is 4.35. The molecule has 0 aliphatic carbocycles. The van der Waals surface area contributed by atoms with Crippen LogP contribution in [0.3, 0.4) is 0 Å². The first-order valence-electron chi connectivity index (χ1n) is 2.68. The third kappa shape index (κ3) is 2.58. The van der Waals surface area contributed by atoms with Gasteiger partial charge in [-0.1, -0.05) is 11.3 Å². The molecule has 0 aliphatic rings. The normalized spacial score (nSPS) is 12.2. The molecule has 1 heterocycles. The Morgan fingerprint density at radius 2 is 1.93 bits per heavy atom. The molecule has 0 saturated heterocycles. The number of halogens is 2. The second kappa shape index (κ2) is 4.33. The van der Waals surface area contributed by atoms with Crippen molar-refractivity contribution >= 4 is 26.6 Å². The summed E-state index contributed by atoms with van der Waals surface area (Å²) in [5.41, 5.74) is 4.93. The second-order valence-electron chi connectivity index (χ2n) is 1.92. The maximum absolute atomic E-state index is 12.6. The van der Waals surface area contributed by atoms with Crippen molar-refractivity contribution in [3.8, 4) is 0 Å². The summed E-state index contributed by atoms with van der Waals surface area (Å²) in [4.78, 5) is 0. The summed E-state index contributed by atoms with van der Waals surface area (Å²) in [6.07, 6.45) is 0. The summed E-state index contributed by atoms with van der Waals surface area (Å²) in [7, 11) is -5.77. The van der Waals surface area contributed by atoms with Gasteiger partial charge >= 0.3 is 34.8 Å². The van der Waals surface area contributed by atoms with Gasteiger partial charge in [-0.25, -0.2) is 8.42 Å². The van der Waals surface area contributed by atoms with Crippen LogP contribution in [0.25, 0.3) is 0 Å². The van der Waals surface area contributed by atoms with Gasteiger partial charge in [-0.05, 0) is 0 Å². The predicted molar refractivity (Wildman–Crippen MR) is 37.9 cm³/mol. The predicted octanol–water partition coefficient (Wildman–Crippen LogP) is -3.28. The zero-order valence-corrected chi connectivity index (χ0v) is 10.4. The molecule has 0 aliphatic heterocycles. The van der Waals surface area contributed by atoms with Crippen LogP contribution in [0.5, 0.6) is 0 Å². The van der Waals surface area contributed by atoms with Crippen LogP contribution in [0, 0.1) is 0 Å². The Labute approximate surface area is 104 Å². The molecular weight excluding hydrogens is 251 g/mol. The number of aromatic nitrogens is 2. The van der Waals surface area contributed by atoms with Crippen molar-refractivity contribution in [3.05, 3.63) is 5.01 Å². The molecule has 1 rings (SSSR count). The van der Waals surface area contributed by atoms with Crippen molar-refractivity contribution in [2.75, 3.05) is 5.73 Å². The topological polar surface area (TPSA) is 109 Å². The van der Waals surface area contributed by atoms with Gasteiger partial charge in [-0.15, -0.1) is 10.2 Å². The van der Waals surface area contributed by atoms with Crippen molar-refractivity contribution in [2.45, 2.75) is 5.25 Å². The molecule has 0 saturated carbocycles. The third-order valence-electron chi connectivity index (χ3n) is 1.00. The molecule has 14 heavy (non-hydrogen) atoms. The molecule has 0 amide bonds. The smallest absolute Gasteiger partial charge is 0.743 e. The minimum absolute atomic E-state index is 0. The Kier molecular flexibility index (Phi) is 4.37. The van der Waals surface area contributed by atoms with Crippen LogP contribution in [0.1, 0.15) is 5.01 Å². The van der Waals surface area contributed by atoms with Gasteiger partial charge in [0.15, 0.2) is 10.1 Å². The quantitative estimate of drug-likeness (QED) is 0.437. The number of alkyl halides is 2. The van der Waals surface area contributed by atoms with E-state index < -0.39 is 20.4 Å². The van der Waals surface area contributed by atoms with Crippen LogP contribution in [0.2, 0.25) is 0 Å². The maximum atomic E-state index is 12.6. The van der Waals surface area contributed by atoms with E-state index in [0.29, 0.717) is 0 Å². The average Bonchev–Trinajstić information content (AvgIpc) is 2.33. The first kappa shape index (κ1) is 14.1. The Hall–Kier alpha value is 0.130. The molecule has 6 nitrogen and oxygen atoms in total. The molecule has 0 unspecified atom stereocenters. The number of hydrogen-bond donors (Lipinski definition) is 1. The monoisotopic (exact) mass is 253 g/mol. The van der Waals surface area contributed by atoms with Gasteiger partial charge in [0.05, 0.1) is 0 Å². The first-order valence-corrected chi connectivity index (χ1v) is 4.90. The fourth-order valence-corrected chi connectivity index (χ4v) is 1.63. The standard InChI is InChI=1S/C3H3F2N3O3S2.Na/c4-3(5,13(9,10)11)1-7-8-2(6)12-1;/h(H2,6,8)(H,9,10,11);/q;+1/p-1. The van der Waals surface area contributed by atoms with Crippen LogP contribution < -0.4 is 35.3 Å². The van der Waals surface area contributed by atoms with Crippen LogP contribution in [0.15, 0.2) is 0 Å². The largest absolute Gasteiger partial charge is 1.00 e. The van der Waals surface area contributed by atoms with Gasteiger partial charge in [0.1, 0.15) is 0 Å². The summed E-state index contributed by atoms with van der Waals surface area (Å²) in [5, 5.41) is -0.397. The van der Waals surface area contributed by atoms with E-state index in [-0.39, 0.29) is 46.0 Å². The summed E-state index contributed by atoms with van der Waals surface area (Å²) in [6, 6.07) is 0. The summed E-state index contributed by atoms with van der Waals surface area (Å²) in [5.74, 6) is 0. The Bertz CT molecular complexity index is 418. The summed E-state index contributed by atoms with van der Waals surface area (Å²) in [6.45, 7) is 0. The number of rotatable bonds is 2. The molecule has 1 aromatic heterocycles. The van der Waals surface area contributed by atoms with Gasteiger partial charge in [-0.3, -0.25) is 0 Å². The van der Waals surface area contributed by atoms with Crippen LogP contribution in [-0.2, 0) is 15.4 Å². The number of anilines is 1. The molecule has 11 heteroatoms. The van der Waals surface area contributed by atoms with Crippen LogP contribution >= 0.6 is 11.3 Å². The van der Waals surface area contributed by atoms with Gasteiger partial charge < -0.3 is 10.3 Å². The summed E-state index contributed by atoms with van der Waals surface area (Å²) < 4.78 is 55.4. The molecule has 0 fully saturated rings. The molecule has 0 bridgehead atoms. The third-order valence-corrected chi connectivity index (χ3v) is 2.78. The fourth-order valence-electron chi connectivity index (χ4n) is 0.459. The van der Waals surface area contributed by atoms with E-state index in [1.165, 1.54) is 0 Å². The zero-order valence-electron chi connectivity index (χ0n) is 6.77. The fraction of sp³-hybridized carbons (Fsp3) is 0.333. The first-order chi connectivity index (χ1) is 5.75. The van der Waals surface area contributed by atoms with Gasteiger partial charge in [0.25, 0.3) is 0 Å². The zero-order chi connectivity index (χ0) is 10.3. The van der Waals surface area contributed by atoms with E-state index in [0.717, 1.165) is 0 Å². The van der Waals surface area contributed by atoms with Gasteiger partial charge in [0.2, 0.25) is 10.1 Å². The number of nitrogens with two attached hydrogens (primary N) is 1. The van der Waals surface area contributed by atoms with Crippen molar-refractivity contribution < 1.29 is 51.3 Å². The van der Waals surface area contributed by atoms with E-state index in [9.17, 15) is 21.8 Å². The molecule has 74 valence electrons. The van der Waals surface area contributed by atoms with E-state index in [4.69, 9.17) is 5.73 Å². The number of nitrogen functional groups attached to an aromatic ring is 1. The Morgan fingerprint density at radius 3 is 2.21 bits per heavy atom. The number of nitrogens with zero attached hydrogens (tertiary/aromatic N) is 2. The van der Waals surface area contributed by atoms with Gasteiger partial charge in [0, 0.05) is 0 Å². The Balaban J connectivity index is 0.00000169. The molecule has 0 atom stereocenters. The summed E-state index contributed by atoms with van der Waals surface area (Å²) >= 11 is 0.148. The molecular formula is C3H2F2N3NaO3S2. The van der Waals surface area contributed by atoms with E-state index in [2.05, 4.69) is 10.2 Å². The molecule has 1 aromatic rings.